The molecule has 7 nitrogen and oxygen atoms in total. The lowest BCUT2D eigenvalue weighted by Gasteiger charge is -2.11. The third-order valence-electron chi connectivity index (χ3n) is 5.48. The van der Waals surface area contributed by atoms with Gasteiger partial charge in [-0.25, -0.2) is 19.5 Å². The number of fused-ring (bicyclic) bond motifs is 2. The van der Waals surface area contributed by atoms with Gasteiger partial charge in [-0.2, -0.15) is 0 Å². The van der Waals surface area contributed by atoms with Gasteiger partial charge in [-0.05, 0) is 32.9 Å². The van der Waals surface area contributed by atoms with Crippen LogP contribution >= 0.6 is 0 Å². The van der Waals surface area contributed by atoms with E-state index in [2.05, 4.69) is 44.5 Å². The van der Waals surface area contributed by atoms with Crippen LogP contribution in [0.4, 0.5) is 5.95 Å². The first-order valence-corrected chi connectivity index (χ1v) is 10.5. The molecule has 152 valence electrons. The summed E-state index contributed by atoms with van der Waals surface area (Å²) < 4.78 is 3.92. The van der Waals surface area contributed by atoms with Crippen molar-refractivity contribution in [1.82, 2.24) is 29.1 Å². The summed E-state index contributed by atoms with van der Waals surface area (Å²) in [4.78, 5) is 13.1. The van der Waals surface area contributed by atoms with Crippen molar-refractivity contribution in [2.75, 3.05) is 5.73 Å². The van der Waals surface area contributed by atoms with E-state index in [4.69, 9.17) is 5.73 Å². The third kappa shape index (κ3) is 3.95. The maximum absolute atomic E-state index is 5.64. The second-order valence-corrected chi connectivity index (χ2v) is 7.99. The second-order valence-electron chi connectivity index (χ2n) is 7.99. The number of imidazole rings is 1. The van der Waals surface area contributed by atoms with Crippen LogP contribution in [0.3, 0.4) is 0 Å². The minimum atomic E-state index is 0.252. The van der Waals surface area contributed by atoms with Crippen LogP contribution in [-0.4, -0.2) is 29.1 Å². The first-order valence-electron chi connectivity index (χ1n) is 10.5. The van der Waals surface area contributed by atoms with Gasteiger partial charge in [0.1, 0.15) is 5.82 Å². The van der Waals surface area contributed by atoms with Crippen molar-refractivity contribution in [3.63, 3.8) is 0 Å². The summed E-state index contributed by atoms with van der Waals surface area (Å²) in [7, 11) is 0. The molecule has 1 saturated carbocycles. The van der Waals surface area contributed by atoms with E-state index < -0.39 is 0 Å². The summed E-state index contributed by atoms with van der Waals surface area (Å²) in [6.07, 6.45) is 14.4. The molecule has 0 atom stereocenters. The van der Waals surface area contributed by atoms with Crippen LogP contribution in [0.1, 0.15) is 64.2 Å². The van der Waals surface area contributed by atoms with E-state index in [1.165, 1.54) is 38.5 Å². The molecule has 5 rings (SSSR count). The molecule has 4 aromatic rings. The van der Waals surface area contributed by atoms with E-state index in [9.17, 15) is 0 Å². The van der Waals surface area contributed by atoms with Crippen molar-refractivity contribution in [2.24, 2.45) is 0 Å². The Morgan fingerprint density at radius 2 is 1.66 bits per heavy atom. The van der Waals surface area contributed by atoms with Crippen molar-refractivity contribution in [2.45, 2.75) is 65.3 Å². The Morgan fingerprint density at radius 3 is 2.31 bits per heavy atom. The zero-order valence-electron chi connectivity index (χ0n) is 17.5. The Labute approximate surface area is 171 Å². The summed E-state index contributed by atoms with van der Waals surface area (Å²) in [6, 6.07) is 4.44. The average molecular weight is 392 g/mol. The molecule has 0 spiro atoms. The molecule has 0 bridgehead atoms. The zero-order chi connectivity index (χ0) is 20.4. The molecule has 7 heteroatoms. The van der Waals surface area contributed by atoms with Gasteiger partial charge in [0.15, 0.2) is 5.65 Å². The number of rotatable bonds is 2. The van der Waals surface area contributed by atoms with Crippen molar-refractivity contribution < 1.29 is 0 Å². The predicted octanol–water partition coefficient (Wildman–Crippen LogP) is 4.95. The summed E-state index contributed by atoms with van der Waals surface area (Å²) in [5.41, 5.74) is 10.4. The van der Waals surface area contributed by atoms with Gasteiger partial charge in [0, 0.05) is 29.6 Å². The number of anilines is 1. The van der Waals surface area contributed by atoms with E-state index >= 15 is 0 Å². The van der Waals surface area contributed by atoms with Gasteiger partial charge in [0.05, 0.1) is 17.2 Å². The summed E-state index contributed by atoms with van der Waals surface area (Å²) in [5.74, 6) is 1.22. The minimum Gasteiger partial charge on any atom is -0.367 e. The molecule has 0 aromatic carbocycles. The summed E-state index contributed by atoms with van der Waals surface area (Å²) in [5, 5.41) is 4.18. The van der Waals surface area contributed by atoms with Crippen LogP contribution in [0.2, 0.25) is 0 Å². The Bertz CT molecular complexity index is 1110. The van der Waals surface area contributed by atoms with Gasteiger partial charge < -0.3 is 10.3 Å². The molecule has 0 aliphatic heterocycles. The topological polar surface area (TPSA) is 86.9 Å². The summed E-state index contributed by atoms with van der Waals surface area (Å²) in [6.45, 7) is 6.29. The number of nitrogens with zero attached hydrogens (tertiary/aromatic N) is 6. The molecule has 4 heterocycles. The van der Waals surface area contributed by atoms with Crippen LogP contribution in [0, 0.1) is 6.92 Å². The SMILES string of the molecule is C1CCCCC1.Cc1nc2ncc(-c3ccn4nc(N)ncc34)cc2n1C(C)C. The Hall–Kier alpha value is -2.96. The molecule has 1 aliphatic carbocycles. The maximum Gasteiger partial charge on any atom is 0.238 e. The molecule has 0 unspecified atom stereocenters. The molecular formula is C22H29N7. The molecule has 0 amide bonds. The van der Waals surface area contributed by atoms with Crippen LogP contribution in [0.15, 0.2) is 30.7 Å². The second kappa shape index (κ2) is 8.19. The first-order chi connectivity index (χ1) is 14.0. The highest BCUT2D eigenvalue weighted by molar-refractivity contribution is 5.85. The van der Waals surface area contributed by atoms with Crippen molar-refractivity contribution in [3.05, 3.63) is 36.5 Å². The Kier molecular flexibility index (Phi) is 5.47. The normalized spacial score (nSPS) is 14.3. The number of nitrogen functional groups attached to an aromatic ring is 1. The number of pyridine rings is 1. The lowest BCUT2D eigenvalue weighted by molar-refractivity contribution is 0.504. The summed E-state index contributed by atoms with van der Waals surface area (Å²) >= 11 is 0. The van der Waals surface area contributed by atoms with Crippen LogP contribution in [0.5, 0.6) is 0 Å². The van der Waals surface area contributed by atoms with Gasteiger partial charge in [-0.3, -0.25) is 0 Å². The molecular weight excluding hydrogens is 362 g/mol. The first kappa shape index (κ1) is 19.4. The lowest BCUT2D eigenvalue weighted by atomic mass is 10.0. The fourth-order valence-electron chi connectivity index (χ4n) is 4.11. The Balaban J connectivity index is 0.000000294. The minimum absolute atomic E-state index is 0.252. The molecule has 0 saturated heterocycles. The largest absolute Gasteiger partial charge is 0.367 e. The standard InChI is InChI=1S/C16H17N7.C6H12/c1-9(2)23-10(3)20-15-13(23)6-11(7-18-15)12-4-5-22-14(12)8-19-16(17)21-22;1-2-4-6-5-3-1/h4-9H,1-3H3,(H2,17,21);1-6H2. The zero-order valence-corrected chi connectivity index (χ0v) is 17.5. The van der Waals surface area contributed by atoms with Crippen molar-refractivity contribution in [3.8, 4) is 11.1 Å². The van der Waals surface area contributed by atoms with E-state index in [0.717, 1.165) is 33.6 Å². The molecule has 1 fully saturated rings. The van der Waals surface area contributed by atoms with E-state index in [1.807, 2.05) is 25.4 Å². The van der Waals surface area contributed by atoms with E-state index in [-0.39, 0.29) is 5.95 Å². The van der Waals surface area contributed by atoms with Crippen molar-refractivity contribution >= 4 is 22.6 Å². The number of aromatic nitrogens is 6. The molecule has 2 N–H and O–H groups in total. The fraction of sp³-hybridized carbons (Fsp3) is 0.455. The van der Waals surface area contributed by atoms with Gasteiger partial charge in [0.2, 0.25) is 5.95 Å². The van der Waals surface area contributed by atoms with Crippen molar-refractivity contribution in [1.29, 1.82) is 0 Å². The number of nitrogens with two attached hydrogens (primary N) is 1. The van der Waals surface area contributed by atoms with Crippen LogP contribution in [0.25, 0.3) is 27.8 Å². The number of aryl methyl sites for hydroxylation is 1. The smallest absolute Gasteiger partial charge is 0.238 e. The van der Waals surface area contributed by atoms with Gasteiger partial charge >= 0.3 is 0 Å². The molecule has 1 aliphatic rings. The highest BCUT2D eigenvalue weighted by Crippen LogP contribution is 2.28. The van der Waals surface area contributed by atoms with Gasteiger partial charge in [-0.15, -0.1) is 5.10 Å². The molecule has 29 heavy (non-hydrogen) atoms. The quantitative estimate of drug-likeness (QED) is 0.522. The van der Waals surface area contributed by atoms with Gasteiger partial charge in [-0.1, -0.05) is 38.5 Å². The highest BCUT2D eigenvalue weighted by Gasteiger charge is 2.14. The van der Waals surface area contributed by atoms with Crippen LogP contribution < -0.4 is 5.73 Å². The van der Waals surface area contributed by atoms with E-state index in [0.29, 0.717) is 6.04 Å². The monoisotopic (exact) mass is 391 g/mol. The van der Waals surface area contributed by atoms with Gasteiger partial charge in [0.25, 0.3) is 0 Å². The predicted molar refractivity (Wildman–Crippen MR) is 117 cm³/mol. The maximum atomic E-state index is 5.64. The third-order valence-corrected chi connectivity index (χ3v) is 5.48. The van der Waals surface area contributed by atoms with Crippen LogP contribution in [-0.2, 0) is 0 Å². The average Bonchev–Trinajstić information content (AvgIpc) is 3.28. The van der Waals surface area contributed by atoms with E-state index in [1.54, 1.807) is 10.7 Å². The number of hydrogen-bond donors (Lipinski definition) is 1. The number of hydrogen-bond acceptors (Lipinski definition) is 5. The molecule has 0 radical (unpaired) electrons. The lowest BCUT2D eigenvalue weighted by Crippen LogP contribution is -2.02. The Morgan fingerprint density at radius 1 is 0.966 bits per heavy atom. The molecule has 4 aromatic heterocycles. The highest BCUT2D eigenvalue weighted by atomic mass is 15.3. The fourth-order valence-corrected chi connectivity index (χ4v) is 4.11.